The van der Waals surface area contributed by atoms with Crippen molar-refractivity contribution in [1.82, 2.24) is 19.6 Å². The van der Waals surface area contributed by atoms with Crippen LogP contribution in [0.5, 0.6) is 0 Å². The molecule has 184 valence electrons. The number of hydrogen-bond donors (Lipinski definition) is 1. The molecule has 8 heteroatoms. The van der Waals surface area contributed by atoms with Crippen molar-refractivity contribution in [2.45, 2.75) is 51.8 Å². The van der Waals surface area contributed by atoms with Gasteiger partial charge in [0.1, 0.15) is 5.65 Å². The maximum absolute atomic E-state index is 12.5. The van der Waals surface area contributed by atoms with Gasteiger partial charge in [-0.25, -0.2) is 14.8 Å². The molecule has 2 amide bonds. The number of hydrogen-bond acceptors (Lipinski definition) is 4. The van der Waals surface area contributed by atoms with Crippen LogP contribution < -0.4 is 5.32 Å². The monoisotopic (exact) mass is 493 g/mol. The minimum Gasteiger partial charge on any atom is -0.370 e. The first-order valence-electron chi connectivity index (χ1n) is 12.5. The predicted molar refractivity (Wildman–Crippen MR) is 139 cm³/mol. The van der Waals surface area contributed by atoms with Crippen molar-refractivity contribution in [1.29, 1.82) is 0 Å². The number of amides is 2. The average Bonchev–Trinajstić information content (AvgIpc) is 3.52. The van der Waals surface area contributed by atoms with E-state index in [1.54, 1.807) is 0 Å². The molecule has 3 aromatic rings. The van der Waals surface area contributed by atoms with Crippen LogP contribution in [0, 0.1) is 5.92 Å². The van der Waals surface area contributed by atoms with Gasteiger partial charge in [0.25, 0.3) is 0 Å². The number of nitrogens with zero attached hydrogens (tertiary/aromatic N) is 4. The van der Waals surface area contributed by atoms with Gasteiger partial charge in [0.05, 0.1) is 29.8 Å². The molecule has 0 bridgehead atoms. The molecule has 0 saturated carbocycles. The number of benzene rings is 1. The normalized spacial score (nSPS) is 22.1. The summed E-state index contributed by atoms with van der Waals surface area (Å²) in [5, 5.41) is 3.71. The number of pyridine rings is 1. The molecule has 3 atom stereocenters. The zero-order valence-corrected chi connectivity index (χ0v) is 21.0. The number of nitrogens with one attached hydrogen (secondary N) is 1. The summed E-state index contributed by atoms with van der Waals surface area (Å²) < 4.78 is 8.19. The largest absolute Gasteiger partial charge is 0.370 e. The molecule has 4 heterocycles. The van der Waals surface area contributed by atoms with E-state index in [0.29, 0.717) is 11.6 Å². The maximum Gasteiger partial charge on any atom is 0.341 e. The molecule has 3 unspecified atom stereocenters. The van der Waals surface area contributed by atoms with Gasteiger partial charge < -0.3 is 14.5 Å². The Morgan fingerprint density at radius 3 is 2.89 bits per heavy atom. The average molecular weight is 494 g/mol. The molecule has 35 heavy (non-hydrogen) atoms. The van der Waals surface area contributed by atoms with Gasteiger partial charge in [-0.2, -0.15) is 0 Å². The second-order valence-corrected chi connectivity index (χ2v) is 10.0. The zero-order chi connectivity index (χ0) is 24.4. The molecular formula is C27H32ClN5O2. The highest BCUT2D eigenvalue weighted by molar-refractivity contribution is 6.30. The summed E-state index contributed by atoms with van der Waals surface area (Å²) in [5.41, 5.74) is 4.90. The minimum absolute atomic E-state index is 0.0669. The van der Waals surface area contributed by atoms with E-state index in [1.165, 1.54) is 0 Å². The number of ether oxygens (including phenoxy) is 1. The first kappa shape index (κ1) is 24.0. The third-order valence-corrected chi connectivity index (χ3v) is 7.19. The van der Waals surface area contributed by atoms with Gasteiger partial charge in [-0.05, 0) is 37.6 Å². The number of imidazole rings is 1. The number of unbranched alkanes of at least 4 members (excludes halogenated alkanes) is 1. The number of rotatable bonds is 7. The van der Waals surface area contributed by atoms with Crippen molar-refractivity contribution in [3.05, 3.63) is 59.4 Å². The van der Waals surface area contributed by atoms with Crippen LogP contribution in [0.2, 0.25) is 5.02 Å². The molecule has 0 spiro atoms. The Bertz CT molecular complexity index is 1220. The smallest absolute Gasteiger partial charge is 0.341 e. The topological polar surface area (TPSA) is 71.2 Å². The van der Waals surface area contributed by atoms with Gasteiger partial charge in [0.2, 0.25) is 0 Å². The first-order valence-corrected chi connectivity index (χ1v) is 12.8. The fourth-order valence-corrected chi connectivity index (χ4v) is 5.21. The quantitative estimate of drug-likeness (QED) is 0.490. The van der Waals surface area contributed by atoms with Gasteiger partial charge in [-0.15, -0.1) is 0 Å². The van der Waals surface area contributed by atoms with Crippen molar-refractivity contribution < 1.29 is 9.53 Å². The highest BCUT2D eigenvalue weighted by atomic mass is 35.5. The number of aromatic nitrogens is 2. The number of fused-ring (bicyclic) bond motifs is 2. The number of urea groups is 1. The van der Waals surface area contributed by atoms with Gasteiger partial charge in [0, 0.05) is 48.4 Å². The van der Waals surface area contributed by atoms with Crippen molar-refractivity contribution in [3.63, 3.8) is 0 Å². The zero-order valence-electron chi connectivity index (χ0n) is 20.3. The van der Waals surface area contributed by atoms with E-state index in [2.05, 4.69) is 32.7 Å². The molecule has 2 aliphatic heterocycles. The molecule has 2 fully saturated rings. The molecule has 1 aromatic carbocycles. The molecule has 5 rings (SSSR count). The van der Waals surface area contributed by atoms with E-state index in [1.807, 2.05) is 49.4 Å². The Morgan fingerprint density at radius 2 is 2.09 bits per heavy atom. The minimum atomic E-state index is -0.252. The van der Waals surface area contributed by atoms with Gasteiger partial charge in [0.15, 0.2) is 0 Å². The summed E-state index contributed by atoms with van der Waals surface area (Å²) in [5.74, 6) is 0.143. The summed E-state index contributed by atoms with van der Waals surface area (Å²) >= 11 is 6.12. The van der Waals surface area contributed by atoms with Crippen LogP contribution in [0.3, 0.4) is 0 Å². The van der Waals surface area contributed by atoms with E-state index in [9.17, 15) is 4.79 Å². The van der Waals surface area contributed by atoms with Crippen LogP contribution in [0.15, 0.2) is 53.7 Å². The second kappa shape index (κ2) is 10.5. The SMILES string of the molecule is CCCCC(C)NC(=O)/N=C1\COC2CN(Cc3c(-c4ccc(Cl)cc4)nc4ccccn34)CC12. The standard InChI is InChI=1S/C27H32ClN5O2/c1-3-4-7-18(2)29-27(34)30-22-17-35-24-16-32(14-21(22)24)15-23-26(19-9-11-20(28)12-10-19)31-25-8-5-6-13-33(23)25/h5-6,8-13,18,21,24H,3-4,7,14-17H2,1-2H3,(H,29,34)/b30-22+. The molecule has 2 aromatic heterocycles. The van der Waals surface area contributed by atoms with E-state index in [0.717, 1.165) is 67.2 Å². The van der Waals surface area contributed by atoms with Crippen molar-refractivity contribution in [3.8, 4) is 11.3 Å². The summed E-state index contributed by atoms with van der Waals surface area (Å²) in [6.07, 6.45) is 5.31. The molecule has 2 aliphatic rings. The van der Waals surface area contributed by atoms with Gasteiger partial charge in [-0.3, -0.25) is 4.90 Å². The number of halogens is 1. The third-order valence-electron chi connectivity index (χ3n) is 6.94. The molecule has 7 nitrogen and oxygen atoms in total. The van der Waals surface area contributed by atoms with Crippen LogP contribution in [-0.4, -0.2) is 57.9 Å². The molecule has 0 radical (unpaired) electrons. The van der Waals surface area contributed by atoms with Crippen LogP contribution in [0.25, 0.3) is 16.9 Å². The summed E-state index contributed by atoms with van der Waals surface area (Å²) in [4.78, 5) is 24.2. The number of carbonyl (C=O) groups excluding carboxylic acids is 1. The van der Waals surface area contributed by atoms with Crippen molar-refractivity contribution in [2.75, 3.05) is 19.7 Å². The van der Waals surface area contributed by atoms with Crippen LogP contribution in [0.4, 0.5) is 4.79 Å². The summed E-state index contributed by atoms with van der Waals surface area (Å²) in [6, 6.07) is 13.8. The van der Waals surface area contributed by atoms with E-state index in [-0.39, 0.29) is 24.1 Å². The Kier molecular flexibility index (Phi) is 7.18. The lowest BCUT2D eigenvalue weighted by atomic mass is 10.0. The molecular weight excluding hydrogens is 462 g/mol. The second-order valence-electron chi connectivity index (χ2n) is 9.59. The van der Waals surface area contributed by atoms with E-state index >= 15 is 0 Å². The number of aliphatic imine (C=N–C) groups is 1. The lowest BCUT2D eigenvalue weighted by molar-refractivity contribution is 0.102. The van der Waals surface area contributed by atoms with Crippen LogP contribution in [0.1, 0.15) is 38.8 Å². The number of carbonyl (C=O) groups is 1. The van der Waals surface area contributed by atoms with Crippen molar-refractivity contribution >= 4 is 29.0 Å². The maximum atomic E-state index is 12.5. The first-order chi connectivity index (χ1) is 17.0. The molecule has 2 saturated heterocycles. The fraction of sp³-hybridized carbons (Fsp3) is 0.444. The Balaban J connectivity index is 1.32. The van der Waals surface area contributed by atoms with E-state index in [4.69, 9.17) is 21.3 Å². The lowest BCUT2D eigenvalue weighted by Crippen LogP contribution is -2.32. The predicted octanol–water partition coefficient (Wildman–Crippen LogP) is 5.21. The van der Waals surface area contributed by atoms with Crippen LogP contribution in [-0.2, 0) is 11.3 Å². The summed E-state index contributed by atoms with van der Waals surface area (Å²) in [7, 11) is 0. The molecule has 0 aliphatic carbocycles. The summed E-state index contributed by atoms with van der Waals surface area (Å²) in [6.45, 7) is 6.97. The van der Waals surface area contributed by atoms with Crippen molar-refractivity contribution in [2.24, 2.45) is 10.9 Å². The highest BCUT2D eigenvalue weighted by Gasteiger charge is 2.42. The van der Waals surface area contributed by atoms with Gasteiger partial charge in [-0.1, -0.05) is 49.6 Å². The van der Waals surface area contributed by atoms with E-state index < -0.39 is 0 Å². The fourth-order valence-electron chi connectivity index (χ4n) is 5.09. The Labute approximate surface area is 211 Å². The Morgan fingerprint density at radius 1 is 1.26 bits per heavy atom. The third kappa shape index (κ3) is 5.27. The Hall–Kier alpha value is -2.74. The van der Waals surface area contributed by atoms with Gasteiger partial charge >= 0.3 is 6.03 Å². The number of likely N-dealkylation sites (tertiary alicyclic amines) is 1. The highest BCUT2D eigenvalue weighted by Crippen LogP contribution is 2.32. The van der Waals surface area contributed by atoms with Crippen LogP contribution >= 0.6 is 11.6 Å². The molecule has 1 N–H and O–H groups in total. The lowest BCUT2D eigenvalue weighted by Gasteiger charge is -2.18.